The van der Waals surface area contributed by atoms with Crippen molar-refractivity contribution in [2.45, 2.75) is 180 Å². The van der Waals surface area contributed by atoms with E-state index in [1.165, 1.54) is 44.9 Å². The van der Waals surface area contributed by atoms with E-state index < -0.39 is 78.4 Å². The van der Waals surface area contributed by atoms with Gasteiger partial charge in [-0.25, -0.2) is 9.13 Å². The third-order valence-electron chi connectivity index (χ3n) is 9.46. The monoisotopic (exact) mass is 896 g/mol. The molecule has 60 heavy (non-hydrogen) atoms. The van der Waals surface area contributed by atoms with Gasteiger partial charge in [0.2, 0.25) is 0 Å². The SMILES string of the molecule is CCCCC[C@H](O)/C=C/C=C\C/C=C\C=C\[C@H](O)CCCC(=O)OC[C@H](COP(=O)(O)OC[C@@H](O)COP(=O)(O)O)OC(=O)CCCCCCCCCCCCC(C)CC. The second kappa shape index (κ2) is 37.5. The van der Waals surface area contributed by atoms with Crippen LogP contribution in [0.2, 0.25) is 0 Å². The lowest BCUT2D eigenvalue weighted by Crippen LogP contribution is -2.30. The molecule has 0 amide bonds. The maximum Gasteiger partial charge on any atom is 0.472 e. The highest BCUT2D eigenvalue weighted by Crippen LogP contribution is 2.43. The molecule has 0 bridgehead atoms. The number of rotatable bonds is 40. The largest absolute Gasteiger partial charge is 0.472 e. The summed E-state index contributed by atoms with van der Waals surface area (Å²) in [5, 5.41) is 29.9. The molecule has 0 aromatic carbocycles. The van der Waals surface area contributed by atoms with E-state index in [4.69, 9.17) is 23.8 Å². The number of aliphatic hydroxyl groups is 3. The Labute approximate surface area is 359 Å². The molecule has 0 rings (SSSR count). The molecular formula is C43H78O15P2. The molecule has 0 aliphatic rings. The highest BCUT2D eigenvalue weighted by Gasteiger charge is 2.28. The Balaban J connectivity index is 4.75. The Morgan fingerprint density at radius 3 is 1.65 bits per heavy atom. The summed E-state index contributed by atoms with van der Waals surface area (Å²) < 4.78 is 47.6. The van der Waals surface area contributed by atoms with Gasteiger partial charge in [-0.2, -0.15) is 0 Å². The lowest BCUT2D eigenvalue weighted by atomic mass is 9.99. The van der Waals surface area contributed by atoms with Crippen LogP contribution in [0.3, 0.4) is 0 Å². The zero-order valence-corrected chi connectivity index (χ0v) is 38.2. The van der Waals surface area contributed by atoms with Gasteiger partial charge in [-0.05, 0) is 38.0 Å². The molecule has 2 unspecified atom stereocenters. The molecule has 0 heterocycles. The first-order valence-corrected chi connectivity index (χ1v) is 25.0. The molecule has 0 aromatic rings. The maximum absolute atomic E-state index is 12.7. The van der Waals surface area contributed by atoms with Crippen molar-refractivity contribution in [3.05, 3.63) is 48.6 Å². The number of hydrogen-bond donors (Lipinski definition) is 6. The Morgan fingerprint density at radius 2 is 1.08 bits per heavy atom. The van der Waals surface area contributed by atoms with Crippen LogP contribution < -0.4 is 0 Å². The van der Waals surface area contributed by atoms with Crippen LogP contribution in [0.5, 0.6) is 0 Å². The number of carbonyl (C=O) groups excluding carboxylic acids is 2. The summed E-state index contributed by atoms with van der Waals surface area (Å²) in [6, 6.07) is 0. The Hall–Kier alpha value is -2.00. The number of aliphatic hydroxyl groups excluding tert-OH is 3. The fourth-order valence-corrected chi connectivity index (χ4v) is 6.81. The molecule has 0 spiro atoms. The minimum Gasteiger partial charge on any atom is -0.462 e. The van der Waals surface area contributed by atoms with Gasteiger partial charge in [0.1, 0.15) is 12.7 Å². The zero-order chi connectivity index (χ0) is 44.9. The van der Waals surface area contributed by atoms with E-state index in [1.807, 2.05) is 24.3 Å². The fraction of sp³-hybridized carbons (Fsp3) is 0.767. The number of allylic oxidation sites excluding steroid dienone is 6. The molecule has 0 saturated carbocycles. The number of unbranched alkanes of at least 4 members (excludes halogenated alkanes) is 11. The molecule has 6 N–H and O–H groups in total. The minimum atomic E-state index is -4.89. The topological polar surface area (TPSA) is 236 Å². The maximum atomic E-state index is 12.7. The Morgan fingerprint density at radius 1 is 0.583 bits per heavy atom. The number of phosphoric acid groups is 2. The highest BCUT2D eigenvalue weighted by molar-refractivity contribution is 7.47. The predicted molar refractivity (Wildman–Crippen MR) is 233 cm³/mol. The summed E-state index contributed by atoms with van der Waals surface area (Å²) in [5.41, 5.74) is 0. The van der Waals surface area contributed by atoms with Gasteiger partial charge in [0.05, 0.1) is 32.0 Å². The normalized spacial score (nSPS) is 16.1. The third-order valence-corrected chi connectivity index (χ3v) is 10.9. The van der Waals surface area contributed by atoms with Crippen LogP contribution in [0.15, 0.2) is 48.6 Å². The molecule has 15 nitrogen and oxygen atoms in total. The van der Waals surface area contributed by atoms with Gasteiger partial charge in [0.25, 0.3) is 0 Å². The molecule has 6 atom stereocenters. The van der Waals surface area contributed by atoms with Crippen LogP contribution in [0, 0.1) is 5.92 Å². The van der Waals surface area contributed by atoms with Crippen molar-refractivity contribution in [1.82, 2.24) is 0 Å². The van der Waals surface area contributed by atoms with Crippen LogP contribution in [0.1, 0.15) is 156 Å². The number of ether oxygens (including phenoxy) is 2. The Kier molecular flexibility index (Phi) is 36.3. The average Bonchev–Trinajstić information content (AvgIpc) is 3.19. The number of esters is 2. The van der Waals surface area contributed by atoms with Crippen molar-refractivity contribution in [1.29, 1.82) is 0 Å². The molecule has 17 heteroatoms. The smallest absolute Gasteiger partial charge is 0.462 e. The summed E-state index contributed by atoms with van der Waals surface area (Å²) in [6.07, 6.45) is 28.9. The van der Waals surface area contributed by atoms with E-state index >= 15 is 0 Å². The van der Waals surface area contributed by atoms with Crippen molar-refractivity contribution < 1.29 is 71.8 Å². The van der Waals surface area contributed by atoms with E-state index in [0.29, 0.717) is 19.3 Å². The van der Waals surface area contributed by atoms with E-state index in [-0.39, 0.29) is 19.3 Å². The standard InChI is InChI=1S/C43H78O15P2/c1-4-6-20-27-38(44)28-22-17-13-11-14-18-23-29-39(45)30-25-32-42(47)54-35-41(36-57-60(52,53)56-34-40(46)33-55-59(49,50)51)58-43(48)31-24-19-15-10-8-7-9-12-16-21-26-37(3)5-2/h13-14,17-18,22-23,28-29,37-41,44-46H,4-12,15-16,19-21,24-27,30-36H2,1-3H3,(H,52,53)(H2,49,50,51)/b17-13-,18-14-,28-22+,29-23+/t37?,38-,39-,40-,41+/m0/s1. The van der Waals surface area contributed by atoms with Crippen LogP contribution in [-0.4, -0.2) is 92.8 Å². The minimum absolute atomic E-state index is 0.0533. The molecule has 350 valence electrons. The van der Waals surface area contributed by atoms with E-state index in [9.17, 15) is 38.9 Å². The summed E-state index contributed by atoms with van der Waals surface area (Å²) in [6.45, 7) is 3.71. The van der Waals surface area contributed by atoms with E-state index in [1.54, 1.807) is 24.3 Å². The quantitative estimate of drug-likeness (QED) is 0.0146. The summed E-state index contributed by atoms with van der Waals surface area (Å²) in [7, 11) is -9.75. The molecule has 0 radical (unpaired) electrons. The van der Waals surface area contributed by atoms with Crippen molar-refractivity contribution in [2.24, 2.45) is 5.92 Å². The van der Waals surface area contributed by atoms with Gasteiger partial charge >= 0.3 is 27.6 Å². The number of phosphoric ester groups is 2. The van der Waals surface area contributed by atoms with Gasteiger partial charge in [0, 0.05) is 12.8 Å². The van der Waals surface area contributed by atoms with Gasteiger partial charge < -0.3 is 39.5 Å². The molecule has 0 saturated heterocycles. The lowest BCUT2D eigenvalue weighted by Gasteiger charge is -2.20. The van der Waals surface area contributed by atoms with Gasteiger partial charge in [-0.15, -0.1) is 0 Å². The fourth-order valence-electron chi connectivity index (χ4n) is 5.65. The number of carbonyl (C=O) groups is 2. The van der Waals surface area contributed by atoms with Gasteiger partial charge in [0.15, 0.2) is 6.10 Å². The average molecular weight is 897 g/mol. The summed E-state index contributed by atoms with van der Waals surface area (Å²) in [4.78, 5) is 52.7. The van der Waals surface area contributed by atoms with Crippen LogP contribution in [0.25, 0.3) is 0 Å². The van der Waals surface area contributed by atoms with Crippen molar-refractivity contribution >= 4 is 27.6 Å². The molecule has 0 aliphatic carbocycles. The first-order valence-electron chi connectivity index (χ1n) is 21.9. The lowest BCUT2D eigenvalue weighted by molar-refractivity contribution is -0.161. The number of hydrogen-bond acceptors (Lipinski definition) is 12. The second-order valence-corrected chi connectivity index (χ2v) is 18.0. The van der Waals surface area contributed by atoms with E-state index in [0.717, 1.165) is 57.3 Å². The summed E-state index contributed by atoms with van der Waals surface area (Å²) in [5.74, 6) is -0.456. The summed E-state index contributed by atoms with van der Waals surface area (Å²) >= 11 is 0. The van der Waals surface area contributed by atoms with Crippen molar-refractivity contribution in [3.8, 4) is 0 Å². The van der Waals surface area contributed by atoms with Gasteiger partial charge in [-0.3, -0.25) is 23.2 Å². The van der Waals surface area contributed by atoms with Crippen LogP contribution >= 0.6 is 15.6 Å². The predicted octanol–water partition coefficient (Wildman–Crippen LogP) is 8.86. The molecular weight excluding hydrogens is 818 g/mol. The molecule has 0 aliphatic heterocycles. The van der Waals surface area contributed by atoms with Crippen molar-refractivity contribution in [2.75, 3.05) is 26.4 Å². The highest BCUT2D eigenvalue weighted by atomic mass is 31.2. The van der Waals surface area contributed by atoms with Crippen LogP contribution in [0.4, 0.5) is 0 Å². The van der Waals surface area contributed by atoms with Crippen LogP contribution in [-0.2, 0) is 41.8 Å². The first-order chi connectivity index (χ1) is 28.6. The third kappa shape index (κ3) is 40.1. The zero-order valence-electron chi connectivity index (χ0n) is 36.4. The Bertz CT molecular complexity index is 1300. The molecule has 0 fully saturated rings. The van der Waals surface area contributed by atoms with Crippen molar-refractivity contribution in [3.63, 3.8) is 0 Å². The first kappa shape index (κ1) is 58.0. The van der Waals surface area contributed by atoms with E-state index in [2.05, 4.69) is 29.8 Å². The molecule has 0 aromatic heterocycles. The van der Waals surface area contributed by atoms with Gasteiger partial charge in [-0.1, -0.05) is 159 Å². The second-order valence-electron chi connectivity index (χ2n) is 15.3.